The van der Waals surface area contributed by atoms with Gasteiger partial charge in [-0.25, -0.2) is 4.39 Å². The number of hydrogen-bond acceptors (Lipinski definition) is 4. The number of fused-ring (bicyclic) bond motifs is 1. The molecule has 7 heteroatoms. The van der Waals surface area contributed by atoms with Crippen molar-refractivity contribution in [1.29, 1.82) is 0 Å². The van der Waals surface area contributed by atoms with E-state index in [1.165, 1.54) is 11.0 Å². The van der Waals surface area contributed by atoms with Crippen molar-refractivity contribution in [2.45, 2.75) is 58.2 Å². The number of ether oxygens (including phenoxy) is 2. The summed E-state index contributed by atoms with van der Waals surface area (Å²) in [6.07, 6.45) is 1.70. The summed E-state index contributed by atoms with van der Waals surface area (Å²) in [4.78, 5) is 28.9. The standard InChI is InChI=1S/C31H35FN2O4/c1-3-22(2)33-31(36)27(19-23-9-5-4-6-10-23)34(21-25-11-7-8-12-26(25)32)30(35)16-14-24-13-15-28-29(20-24)38-18-17-37-28/h4-13,15,20,22,27H,3,14,16-19,21H2,1-2H3,(H,33,36)/t22-,27-/m1/s1. The zero-order valence-electron chi connectivity index (χ0n) is 22.0. The van der Waals surface area contributed by atoms with Crippen molar-refractivity contribution < 1.29 is 23.5 Å². The minimum atomic E-state index is -0.793. The summed E-state index contributed by atoms with van der Waals surface area (Å²) in [6.45, 7) is 4.92. The first-order chi connectivity index (χ1) is 18.4. The molecule has 2 amide bonds. The minimum absolute atomic E-state index is 0.00191. The average molecular weight is 519 g/mol. The van der Waals surface area contributed by atoms with E-state index in [-0.39, 0.29) is 30.8 Å². The molecule has 1 aliphatic rings. The lowest BCUT2D eigenvalue weighted by Gasteiger charge is -2.32. The summed E-state index contributed by atoms with van der Waals surface area (Å²) < 4.78 is 26.0. The van der Waals surface area contributed by atoms with Gasteiger partial charge in [0.1, 0.15) is 25.1 Å². The number of amides is 2. The molecule has 0 aliphatic carbocycles. The number of nitrogens with zero attached hydrogens (tertiary/aromatic N) is 1. The van der Waals surface area contributed by atoms with Crippen molar-refractivity contribution in [2.24, 2.45) is 0 Å². The van der Waals surface area contributed by atoms with Gasteiger partial charge in [0.05, 0.1) is 0 Å². The molecule has 200 valence electrons. The van der Waals surface area contributed by atoms with Crippen molar-refractivity contribution in [3.63, 3.8) is 0 Å². The topological polar surface area (TPSA) is 67.9 Å². The third kappa shape index (κ3) is 7.12. The number of rotatable bonds is 11. The van der Waals surface area contributed by atoms with Crippen LogP contribution in [-0.2, 0) is 29.0 Å². The van der Waals surface area contributed by atoms with Gasteiger partial charge >= 0.3 is 0 Å². The second-order valence-electron chi connectivity index (χ2n) is 9.61. The van der Waals surface area contributed by atoms with Crippen molar-refractivity contribution in [2.75, 3.05) is 13.2 Å². The quantitative estimate of drug-likeness (QED) is 0.384. The largest absolute Gasteiger partial charge is 0.486 e. The Balaban J connectivity index is 1.60. The molecule has 1 aliphatic heterocycles. The van der Waals surface area contributed by atoms with E-state index in [0.29, 0.717) is 43.1 Å². The van der Waals surface area contributed by atoms with Crippen LogP contribution < -0.4 is 14.8 Å². The van der Waals surface area contributed by atoms with E-state index in [9.17, 15) is 14.0 Å². The number of hydrogen-bond donors (Lipinski definition) is 1. The highest BCUT2D eigenvalue weighted by atomic mass is 19.1. The predicted molar refractivity (Wildman–Crippen MR) is 145 cm³/mol. The molecule has 3 aromatic carbocycles. The lowest BCUT2D eigenvalue weighted by atomic mass is 10.0. The monoisotopic (exact) mass is 518 g/mol. The maximum Gasteiger partial charge on any atom is 0.243 e. The van der Waals surface area contributed by atoms with Crippen LogP contribution in [0.5, 0.6) is 11.5 Å². The van der Waals surface area contributed by atoms with E-state index in [1.54, 1.807) is 18.2 Å². The smallest absolute Gasteiger partial charge is 0.243 e. The number of aryl methyl sites for hydroxylation is 1. The highest BCUT2D eigenvalue weighted by molar-refractivity contribution is 5.88. The Bertz CT molecular complexity index is 1230. The average Bonchev–Trinajstić information content (AvgIpc) is 2.94. The van der Waals surface area contributed by atoms with Crippen LogP contribution in [0, 0.1) is 5.82 Å². The van der Waals surface area contributed by atoms with E-state index < -0.39 is 11.9 Å². The van der Waals surface area contributed by atoms with Gasteiger partial charge in [0, 0.05) is 31.0 Å². The number of nitrogens with one attached hydrogen (secondary N) is 1. The van der Waals surface area contributed by atoms with E-state index in [2.05, 4.69) is 5.32 Å². The van der Waals surface area contributed by atoms with Crippen molar-refractivity contribution in [3.8, 4) is 11.5 Å². The first kappa shape index (κ1) is 27.2. The summed E-state index contributed by atoms with van der Waals surface area (Å²) in [5, 5.41) is 3.04. The van der Waals surface area contributed by atoms with E-state index in [0.717, 1.165) is 17.5 Å². The third-order valence-electron chi connectivity index (χ3n) is 6.80. The van der Waals surface area contributed by atoms with Gasteiger partial charge in [0.15, 0.2) is 11.5 Å². The molecule has 2 atom stereocenters. The molecule has 1 N–H and O–H groups in total. The molecule has 0 fully saturated rings. The van der Waals surface area contributed by atoms with Gasteiger partial charge in [-0.2, -0.15) is 0 Å². The fourth-order valence-corrected chi connectivity index (χ4v) is 4.44. The lowest BCUT2D eigenvalue weighted by molar-refractivity contribution is -0.141. The lowest BCUT2D eigenvalue weighted by Crippen LogP contribution is -2.52. The molecule has 0 spiro atoms. The zero-order chi connectivity index (χ0) is 26.9. The van der Waals surface area contributed by atoms with Crippen LogP contribution in [0.1, 0.15) is 43.4 Å². The molecule has 38 heavy (non-hydrogen) atoms. The number of carbonyl (C=O) groups excluding carboxylic acids is 2. The number of halogens is 1. The Labute approximate surface area is 223 Å². The molecular weight excluding hydrogens is 483 g/mol. The van der Waals surface area contributed by atoms with Gasteiger partial charge < -0.3 is 19.7 Å². The van der Waals surface area contributed by atoms with Gasteiger partial charge in [-0.3, -0.25) is 9.59 Å². The molecule has 4 rings (SSSR count). The third-order valence-corrected chi connectivity index (χ3v) is 6.80. The first-order valence-electron chi connectivity index (χ1n) is 13.2. The molecule has 0 bridgehead atoms. The molecule has 0 aromatic heterocycles. The Morgan fingerprint density at radius 2 is 1.66 bits per heavy atom. The molecule has 0 radical (unpaired) electrons. The van der Waals surface area contributed by atoms with Gasteiger partial charge in [-0.1, -0.05) is 61.5 Å². The van der Waals surface area contributed by atoms with Crippen LogP contribution in [-0.4, -0.2) is 42.0 Å². The van der Waals surface area contributed by atoms with Gasteiger partial charge in [-0.05, 0) is 49.1 Å². The molecule has 0 saturated carbocycles. The Kier molecular flexibility index (Phi) is 9.35. The summed E-state index contributed by atoms with van der Waals surface area (Å²) in [7, 11) is 0. The van der Waals surface area contributed by atoms with Gasteiger partial charge in [0.25, 0.3) is 0 Å². The Morgan fingerprint density at radius 3 is 2.39 bits per heavy atom. The van der Waals surface area contributed by atoms with Crippen molar-refractivity contribution >= 4 is 11.8 Å². The van der Waals surface area contributed by atoms with Crippen LogP contribution in [0.4, 0.5) is 4.39 Å². The summed E-state index contributed by atoms with van der Waals surface area (Å²) in [5.41, 5.74) is 2.22. The van der Waals surface area contributed by atoms with Crippen LogP contribution in [0.15, 0.2) is 72.8 Å². The van der Waals surface area contributed by atoms with Crippen LogP contribution >= 0.6 is 0 Å². The van der Waals surface area contributed by atoms with Crippen LogP contribution in [0.3, 0.4) is 0 Å². The zero-order valence-corrected chi connectivity index (χ0v) is 22.0. The van der Waals surface area contributed by atoms with E-state index >= 15 is 0 Å². The molecule has 0 unspecified atom stereocenters. The fourth-order valence-electron chi connectivity index (χ4n) is 4.44. The summed E-state index contributed by atoms with van der Waals surface area (Å²) in [6, 6.07) is 20.8. The normalized spacial score (nSPS) is 13.9. The van der Waals surface area contributed by atoms with Crippen molar-refractivity contribution in [3.05, 3.63) is 95.3 Å². The second-order valence-corrected chi connectivity index (χ2v) is 9.61. The Morgan fingerprint density at radius 1 is 0.947 bits per heavy atom. The molecule has 1 heterocycles. The summed E-state index contributed by atoms with van der Waals surface area (Å²) in [5.74, 6) is 0.491. The van der Waals surface area contributed by atoms with Crippen molar-refractivity contribution in [1.82, 2.24) is 10.2 Å². The molecular formula is C31H35FN2O4. The Hall–Kier alpha value is -3.87. The maximum absolute atomic E-state index is 14.7. The summed E-state index contributed by atoms with van der Waals surface area (Å²) >= 11 is 0. The molecule has 6 nitrogen and oxygen atoms in total. The van der Waals surface area contributed by atoms with Gasteiger partial charge in [-0.15, -0.1) is 0 Å². The fraction of sp³-hybridized carbons (Fsp3) is 0.355. The second kappa shape index (κ2) is 13.1. The maximum atomic E-state index is 14.7. The number of carbonyl (C=O) groups is 2. The van der Waals surface area contributed by atoms with Crippen LogP contribution in [0.2, 0.25) is 0 Å². The highest BCUT2D eigenvalue weighted by Gasteiger charge is 2.31. The van der Waals surface area contributed by atoms with Crippen LogP contribution in [0.25, 0.3) is 0 Å². The first-order valence-corrected chi connectivity index (χ1v) is 13.2. The predicted octanol–water partition coefficient (Wildman–Crippen LogP) is 5.08. The van der Waals surface area contributed by atoms with Gasteiger partial charge in [0.2, 0.25) is 11.8 Å². The number of benzene rings is 3. The highest BCUT2D eigenvalue weighted by Crippen LogP contribution is 2.31. The molecule has 0 saturated heterocycles. The molecule has 3 aromatic rings. The SMILES string of the molecule is CC[C@@H](C)NC(=O)[C@@H](Cc1ccccc1)N(Cc1ccccc1F)C(=O)CCc1ccc2c(c1)OCCO2. The minimum Gasteiger partial charge on any atom is -0.486 e. The van der Waals surface area contributed by atoms with E-state index in [1.807, 2.05) is 62.4 Å². The van der Waals surface area contributed by atoms with E-state index in [4.69, 9.17) is 9.47 Å².